The normalized spacial score (nSPS) is 10.2. The number of aryl methyl sites for hydroxylation is 2. The Balaban J connectivity index is 0.00000162. The molecule has 2 aromatic heterocycles. The van der Waals surface area contributed by atoms with E-state index in [9.17, 15) is 0 Å². The number of aliphatic hydroxyl groups is 1. The van der Waals surface area contributed by atoms with Crippen molar-refractivity contribution < 1.29 is 5.11 Å². The standard InChI is InChI=1S/C11H17N5O.ClH/c1-9-5-11(15(2)14-9)7-12-10-6-13-16(8-10)3-4-17;/h5-6,8,12,17H,3-4,7H2,1-2H3;1H. The van der Waals surface area contributed by atoms with E-state index in [0.29, 0.717) is 13.1 Å². The van der Waals surface area contributed by atoms with Crippen LogP contribution in [0.2, 0.25) is 0 Å². The Hall–Kier alpha value is -1.53. The van der Waals surface area contributed by atoms with Gasteiger partial charge in [-0.25, -0.2) is 0 Å². The highest BCUT2D eigenvalue weighted by Crippen LogP contribution is 2.08. The Kier molecular flexibility index (Phi) is 5.18. The first-order chi connectivity index (χ1) is 8.19. The molecule has 2 aromatic rings. The van der Waals surface area contributed by atoms with E-state index < -0.39 is 0 Å². The van der Waals surface area contributed by atoms with E-state index in [1.807, 2.05) is 30.9 Å². The molecule has 2 heterocycles. The van der Waals surface area contributed by atoms with Gasteiger partial charge in [0.25, 0.3) is 0 Å². The third-order valence-electron chi connectivity index (χ3n) is 2.53. The third-order valence-corrected chi connectivity index (χ3v) is 2.53. The zero-order valence-corrected chi connectivity index (χ0v) is 11.3. The van der Waals surface area contributed by atoms with Gasteiger partial charge in [-0.1, -0.05) is 0 Å². The summed E-state index contributed by atoms with van der Waals surface area (Å²) in [5.41, 5.74) is 3.08. The van der Waals surface area contributed by atoms with Crippen molar-refractivity contribution in [1.29, 1.82) is 0 Å². The number of rotatable bonds is 5. The minimum Gasteiger partial charge on any atom is -0.394 e. The number of hydrogen-bond acceptors (Lipinski definition) is 4. The van der Waals surface area contributed by atoms with Crippen LogP contribution in [-0.2, 0) is 20.1 Å². The number of nitrogens with zero attached hydrogens (tertiary/aromatic N) is 4. The van der Waals surface area contributed by atoms with Crippen LogP contribution in [0.5, 0.6) is 0 Å². The van der Waals surface area contributed by atoms with Gasteiger partial charge in [-0.05, 0) is 13.0 Å². The number of hydrogen-bond donors (Lipinski definition) is 2. The van der Waals surface area contributed by atoms with Gasteiger partial charge in [0.2, 0.25) is 0 Å². The molecule has 100 valence electrons. The van der Waals surface area contributed by atoms with E-state index in [-0.39, 0.29) is 19.0 Å². The lowest BCUT2D eigenvalue weighted by Crippen LogP contribution is -2.05. The van der Waals surface area contributed by atoms with Crippen LogP contribution in [0.3, 0.4) is 0 Å². The highest BCUT2D eigenvalue weighted by Gasteiger charge is 2.02. The molecule has 0 saturated carbocycles. The van der Waals surface area contributed by atoms with Gasteiger partial charge in [-0.3, -0.25) is 9.36 Å². The second-order valence-electron chi connectivity index (χ2n) is 3.97. The lowest BCUT2D eigenvalue weighted by molar-refractivity contribution is 0.269. The molecule has 0 atom stereocenters. The maximum absolute atomic E-state index is 8.78. The maximum atomic E-state index is 8.78. The van der Waals surface area contributed by atoms with Gasteiger partial charge in [0.15, 0.2) is 0 Å². The average Bonchev–Trinajstić information content (AvgIpc) is 2.83. The predicted molar refractivity (Wildman–Crippen MR) is 71.8 cm³/mol. The Bertz CT molecular complexity index is 493. The summed E-state index contributed by atoms with van der Waals surface area (Å²) in [4.78, 5) is 0. The van der Waals surface area contributed by atoms with Crippen LogP contribution in [0.25, 0.3) is 0 Å². The number of aliphatic hydroxyl groups excluding tert-OH is 1. The second-order valence-corrected chi connectivity index (χ2v) is 3.97. The highest BCUT2D eigenvalue weighted by molar-refractivity contribution is 5.85. The SMILES string of the molecule is Cc1cc(CNc2cnn(CCO)c2)n(C)n1.Cl. The summed E-state index contributed by atoms with van der Waals surface area (Å²) in [6.45, 7) is 3.31. The average molecular weight is 272 g/mol. The molecule has 0 amide bonds. The fourth-order valence-electron chi connectivity index (χ4n) is 1.70. The smallest absolute Gasteiger partial charge is 0.0729 e. The fourth-order valence-corrected chi connectivity index (χ4v) is 1.70. The molecule has 0 aliphatic heterocycles. The van der Waals surface area contributed by atoms with Crippen molar-refractivity contribution in [1.82, 2.24) is 19.6 Å². The van der Waals surface area contributed by atoms with Crippen LogP contribution in [0, 0.1) is 6.92 Å². The van der Waals surface area contributed by atoms with Crippen molar-refractivity contribution >= 4 is 18.1 Å². The Morgan fingerprint density at radius 2 is 2.22 bits per heavy atom. The lowest BCUT2D eigenvalue weighted by Gasteiger charge is -2.03. The first kappa shape index (κ1) is 14.5. The first-order valence-corrected chi connectivity index (χ1v) is 5.56. The van der Waals surface area contributed by atoms with Gasteiger partial charge < -0.3 is 10.4 Å². The van der Waals surface area contributed by atoms with Crippen LogP contribution in [-0.4, -0.2) is 31.3 Å². The molecule has 0 bridgehead atoms. The Labute approximate surface area is 112 Å². The first-order valence-electron chi connectivity index (χ1n) is 5.56. The fraction of sp³-hybridized carbons (Fsp3) is 0.455. The van der Waals surface area contributed by atoms with Crippen LogP contribution < -0.4 is 5.32 Å². The Morgan fingerprint density at radius 1 is 1.44 bits per heavy atom. The van der Waals surface area contributed by atoms with E-state index >= 15 is 0 Å². The molecular formula is C11H18ClN5O. The zero-order chi connectivity index (χ0) is 12.3. The lowest BCUT2D eigenvalue weighted by atomic mass is 10.3. The largest absolute Gasteiger partial charge is 0.394 e. The molecule has 0 aliphatic carbocycles. The van der Waals surface area contributed by atoms with Gasteiger partial charge in [0.05, 0.1) is 43.0 Å². The van der Waals surface area contributed by atoms with Gasteiger partial charge in [0, 0.05) is 13.2 Å². The monoisotopic (exact) mass is 271 g/mol. The van der Waals surface area contributed by atoms with E-state index in [0.717, 1.165) is 17.1 Å². The van der Waals surface area contributed by atoms with E-state index in [1.54, 1.807) is 10.9 Å². The van der Waals surface area contributed by atoms with Crippen molar-refractivity contribution in [2.45, 2.75) is 20.0 Å². The summed E-state index contributed by atoms with van der Waals surface area (Å²) in [6.07, 6.45) is 3.62. The van der Waals surface area contributed by atoms with E-state index in [1.165, 1.54) is 0 Å². The quantitative estimate of drug-likeness (QED) is 0.850. The van der Waals surface area contributed by atoms with Gasteiger partial charge >= 0.3 is 0 Å². The van der Waals surface area contributed by atoms with Crippen LogP contribution in [0.15, 0.2) is 18.5 Å². The summed E-state index contributed by atoms with van der Waals surface area (Å²) in [5, 5.41) is 20.4. The van der Waals surface area contributed by atoms with E-state index in [4.69, 9.17) is 5.11 Å². The van der Waals surface area contributed by atoms with Crippen molar-refractivity contribution in [2.24, 2.45) is 7.05 Å². The molecule has 2 N–H and O–H groups in total. The molecule has 0 spiro atoms. The van der Waals surface area contributed by atoms with Crippen LogP contribution in [0.4, 0.5) is 5.69 Å². The Morgan fingerprint density at radius 3 is 2.83 bits per heavy atom. The summed E-state index contributed by atoms with van der Waals surface area (Å²) in [7, 11) is 1.93. The minimum atomic E-state index is 0. The molecule has 6 nitrogen and oxygen atoms in total. The van der Waals surface area contributed by atoms with Crippen LogP contribution >= 0.6 is 12.4 Å². The molecule has 2 rings (SSSR count). The molecule has 7 heteroatoms. The van der Waals surface area contributed by atoms with Crippen LogP contribution in [0.1, 0.15) is 11.4 Å². The summed E-state index contributed by atoms with van der Waals surface area (Å²) in [6, 6.07) is 2.05. The highest BCUT2D eigenvalue weighted by atomic mass is 35.5. The van der Waals surface area contributed by atoms with Gasteiger partial charge in [-0.15, -0.1) is 12.4 Å². The summed E-state index contributed by atoms with van der Waals surface area (Å²) >= 11 is 0. The maximum Gasteiger partial charge on any atom is 0.0729 e. The molecule has 0 saturated heterocycles. The second kappa shape index (κ2) is 6.42. The number of anilines is 1. The summed E-state index contributed by atoms with van der Waals surface area (Å²) in [5.74, 6) is 0. The third kappa shape index (κ3) is 3.48. The van der Waals surface area contributed by atoms with Crippen molar-refractivity contribution in [3.05, 3.63) is 29.8 Å². The van der Waals surface area contributed by atoms with Gasteiger partial charge in [0.1, 0.15) is 0 Å². The molecule has 0 radical (unpaired) electrons. The van der Waals surface area contributed by atoms with Gasteiger partial charge in [-0.2, -0.15) is 10.2 Å². The van der Waals surface area contributed by atoms with E-state index in [2.05, 4.69) is 15.5 Å². The number of halogens is 1. The van der Waals surface area contributed by atoms with Crippen molar-refractivity contribution in [2.75, 3.05) is 11.9 Å². The molecule has 0 aromatic carbocycles. The minimum absolute atomic E-state index is 0. The number of aromatic nitrogens is 4. The predicted octanol–water partition coefficient (Wildman–Crippen LogP) is 0.951. The zero-order valence-electron chi connectivity index (χ0n) is 10.5. The molecule has 0 aliphatic rings. The molecular weight excluding hydrogens is 254 g/mol. The number of nitrogens with one attached hydrogen (secondary N) is 1. The van der Waals surface area contributed by atoms with Crippen molar-refractivity contribution in [3.8, 4) is 0 Å². The molecule has 0 unspecified atom stereocenters. The molecule has 18 heavy (non-hydrogen) atoms. The molecule has 0 fully saturated rings. The van der Waals surface area contributed by atoms with Crippen molar-refractivity contribution in [3.63, 3.8) is 0 Å². The topological polar surface area (TPSA) is 67.9 Å². The summed E-state index contributed by atoms with van der Waals surface area (Å²) < 4.78 is 3.57.